The van der Waals surface area contributed by atoms with Gasteiger partial charge in [0.25, 0.3) is 5.56 Å². The molecule has 24 heavy (non-hydrogen) atoms. The minimum absolute atomic E-state index is 0.0897. The monoisotopic (exact) mass is 367 g/mol. The molecule has 128 valence electrons. The predicted octanol–water partition coefficient (Wildman–Crippen LogP) is 1.04. The molecule has 0 bridgehead atoms. The van der Waals surface area contributed by atoms with Gasteiger partial charge in [-0.3, -0.25) is 4.79 Å². The Balaban J connectivity index is 1.69. The van der Waals surface area contributed by atoms with Crippen molar-refractivity contribution >= 4 is 21.6 Å². The molecule has 9 heteroatoms. The van der Waals surface area contributed by atoms with Crippen LogP contribution in [0.1, 0.15) is 17.8 Å². The lowest BCUT2D eigenvalue weighted by molar-refractivity contribution is 0.414. The molecular weight excluding hydrogens is 350 g/mol. The summed E-state index contributed by atoms with van der Waals surface area (Å²) < 4.78 is 28.1. The van der Waals surface area contributed by atoms with E-state index in [1.54, 1.807) is 7.11 Å². The number of nitrogens with one attached hydrogen (secondary N) is 1. The molecule has 1 N–H and O–H groups in total. The Kier molecular flexibility index (Phi) is 4.91. The van der Waals surface area contributed by atoms with Gasteiger partial charge in [-0.15, -0.1) is 10.2 Å². The number of sulfone groups is 1. The standard InChI is InChI=1S/C15H17N3O4S2/c1-22-11-4-2-10(3-5-11)8-13-16-14(19)15(18-17-13)23-12-6-7-24(20,21)9-12/h2-5,12H,6-9H2,1H3,(H,16,17,19). The van der Waals surface area contributed by atoms with E-state index in [4.69, 9.17) is 4.74 Å². The molecule has 1 aromatic carbocycles. The van der Waals surface area contributed by atoms with Crippen LogP contribution in [0.25, 0.3) is 0 Å². The third-order valence-electron chi connectivity index (χ3n) is 3.71. The highest BCUT2D eigenvalue weighted by Crippen LogP contribution is 2.27. The Bertz CT molecular complexity index is 878. The molecule has 1 aliphatic heterocycles. The van der Waals surface area contributed by atoms with Crippen LogP contribution >= 0.6 is 11.8 Å². The lowest BCUT2D eigenvalue weighted by atomic mass is 10.1. The van der Waals surface area contributed by atoms with Crippen LogP contribution in [0.2, 0.25) is 0 Å². The summed E-state index contributed by atoms with van der Waals surface area (Å²) in [5.74, 6) is 1.49. The molecule has 7 nitrogen and oxygen atoms in total. The zero-order valence-corrected chi connectivity index (χ0v) is 14.7. The van der Waals surface area contributed by atoms with Crippen molar-refractivity contribution in [3.05, 3.63) is 46.0 Å². The summed E-state index contributed by atoms with van der Waals surface area (Å²) in [7, 11) is -1.37. The summed E-state index contributed by atoms with van der Waals surface area (Å²) >= 11 is 1.19. The van der Waals surface area contributed by atoms with E-state index >= 15 is 0 Å². The van der Waals surface area contributed by atoms with Gasteiger partial charge in [0, 0.05) is 11.7 Å². The normalized spacial score (nSPS) is 19.3. The van der Waals surface area contributed by atoms with Crippen LogP contribution in [0.4, 0.5) is 0 Å². The number of benzene rings is 1. The smallest absolute Gasteiger partial charge is 0.283 e. The van der Waals surface area contributed by atoms with Crippen LogP contribution in [0.5, 0.6) is 5.75 Å². The number of H-pyrrole nitrogens is 1. The number of hydrogen-bond acceptors (Lipinski definition) is 7. The third kappa shape index (κ3) is 4.15. The van der Waals surface area contributed by atoms with Gasteiger partial charge in [-0.05, 0) is 24.1 Å². The molecule has 2 aromatic rings. The minimum Gasteiger partial charge on any atom is -0.497 e. The van der Waals surface area contributed by atoms with Crippen LogP contribution in [0, 0.1) is 0 Å². The number of thioether (sulfide) groups is 1. The van der Waals surface area contributed by atoms with Gasteiger partial charge in [0.2, 0.25) is 0 Å². The van der Waals surface area contributed by atoms with Gasteiger partial charge in [-0.25, -0.2) is 8.42 Å². The van der Waals surface area contributed by atoms with E-state index in [2.05, 4.69) is 15.2 Å². The molecule has 1 unspecified atom stereocenters. The van der Waals surface area contributed by atoms with Crippen molar-refractivity contribution in [3.8, 4) is 5.75 Å². The number of methoxy groups -OCH3 is 1. The first kappa shape index (κ1) is 17.0. The van der Waals surface area contributed by atoms with Crippen molar-refractivity contribution in [2.45, 2.75) is 23.1 Å². The molecule has 3 rings (SSSR count). The van der Waals surface area contributed by atoms with Gasteiger partial charge in [0.1, 0.15) is 11.6 Å². The molecule has 1 aliphatic rings. The summed E-state index contributed by atoms with van der Waals surface area (Å²) in [6, 6.07) is 7.47. The Morgan fingerprint density at radius 2 is 2.04 bits per heavy atom. The molecule has 0 saturated carbocycles. The molecule has 1 fully saturated rings. The third-order valence-corrected chi connectivity index (χ3v) is 6.92. The van der Waals surface area contributed by atoms with Crippen molar-refractivity contribution in [1.29, 1.82) is 0 Å². The van der Waals surface area contributed by atoms with E-state index in [0.717, 1.165) is 11.3 Å². The van der Waals surface area contributed by atoms with Crippen molar-refractivity contribution in [2.75, 3.05) is 18.6 Å². The van der Waals surface area contributed by atoms with Gasteiger partial charge in [-0.2, -0.15) is 0 Å². The molecule has 2 heterocycles. The molecular formula is C15H17N3O4S2. The van der Waals surface area contributed by atoms with Crippen LogP contribution < -0.4 is 10.3 Å². The largest absolute Gasteiger partial charge is 0.497 e. The van der Waals surface area contributed by atoms with Crippen LogP contribution in [0.3, 0.4) is 0 Å². The Labute approximate surface area is 143 Å². The second-order valence-electron chi connectivity index (χ2n) is 5.57. The Morgan fingerprint density at radius 1 is 1.29 bits per heavy atom. The fourth-order valence-electron chi connectivity index (χ4n) is 2.47. The van der Waals surface area contributed by atoms with Crippen LogP contribution in [-0.2, 0) is 16.3 Å². The van der Waals surface area contributed by atoms with Gasteiger partial charge < -0.3 is 9.72 Å². The molecule has 0 spiro atoms. The highest BCUT2D eigenvalue weighted by Gasteiger charge is 2.29. The lowest BCUT2D eigenvalue weighted by Gasteiger charge is -2.06. The maximum Gasteiger partial charge on any atom is 0.283 e. The molecule has 1 atom stereocenters. The van der Waals surface area contributed by atoms with Gasteiger partial charge in [-0.1, -0.05) is 23.9 Å². The number of rotatable bonds is 5. The van der Waals surface area contributed by atoms with E-state index in [1.165, 1.54) is 11.8 Å². The van der Waals surface area contributed by atoms with Gasteiger partial charge in [0.15, 0.2) is 14.9 Å². The molecule has 1 saturated heterocycles. The predicted molar refractivity (Wildman–Crippen MR) is 91.4 cm³/mol. The van der Waals surface area contributed by atoms with Gasteiger partial charge >= 0.3 is 0 Å². The van der Waals surface area contributed by atoms with E-state index in [9.17, 15) is 13.2 Å². The molecule has 0 aliphatic carbocycles. The zero-order chi connectivity index (χ0) is 17.2. The van der Waals surface area contributed by atoms with Crippen molar-refractivity contribution in [3.63, 3.8) is 0 Å². The number of hydrogen-bond donors (Lipinski definition) is 1. The summed E-state index contributed by atoms with van der Waals surface area (Å²) in [6.07, 6.45) is 0.997. The first-order valence-electron chi connectivity index (χ1n) is 7.41. The fraction of sp³-hybridized carbons (Fsp3) is 0.400. The molecule has 0 amide bonds. The Hall–Kier alpha value is -1.87. The average Bonchev–Trinajstić information content (AvgIpc) is 2.90. The first-order valence-corrected chi connectivity index (χ1v) is 10.1. The summed E-state index contributed by atoms with van der Waals surface area (Å²) in [6.45, 7) is 0. The van der Waals surface area contributed by atoms with Crippen molar-refractivity contribution in [2.24, 2.45) is 0 Å². The maximum absolute atomic E-state index is 12.1. The van der Waals surface area contributed by atoms with E-state index in [-0.39, 0.29) is 27.3 Å². The fourth-order valence-corrected chi connectivity index (χ4v) is 5.85. The summed E-state index contributed by atoms with van der Waals surface area (Å²) in [5.41, 5.74) is 0.644. The zero-order valence-electron chi connectivity index (χ0n) is 13.1. The van der Waals surface area contributed by atoms with Crippen LogP contribution in [0.15, 0.2) is 34.1 Å². The number of aromatic nitrogens is 3. The minimum atomic E-state index is -2.97. The van der Waals surface area contributed by atoms with Crippen molar-refractivity contribution in [1.82, 2.24) is 15.2 Å². The van der Waals surface area contributed by atoms with Crippen LogP contribution in [-0.4, -0.2) is 47.5 Å². The summed E-state index contributed by atoms with van der Waals surface area (Å²) in [4.78, 5) is 14.8. The van der Waals surface area contributed by atoms with E-state index in [0.29, 0.717) is 18.7 Å². The van der Waals surface area contributed by atoms with E-state index in [1.807, 2.05) is 24.3 Å². The Morgan fingerprint density at radius 3 is 2.62 bits per heavy atom. The number of ether oxygens (including phenoxy) is 1. The number of aromatic amines is 1. The SMILES string of the molecule is COc1ccc(Cc2nnc(SC3CCS(=O)(=O)C3)c(=O)[nH]2)cc1. The number of nitrogens with zero attached hydrogens (tertiary/aromatic N) is 2. The van der Waals surface area contributed by atoms with Crippen molar-refractivity contribution < 1.29 is 13.2 Å². The summed E-state index contributed by atoms with van der Waals surface area (Å²) in [5, 5.41) is 8.11. The second-order valence-corrected chi connectivity index (χ2v) is 9.09. The highest BCUT2D eigenvalue weighted by molar-refractivity contribution is 8.01. The van der Waals surface area contributed by atoms with Gasteiger partial charge in [0.05, 0.1) is 18.6 Å². The first-order chi connectivity index (χ1) is 11.4. The average molecular weight is 367 g/mol. The molecule has 1 aromatic heterocycles. The highest BCUT2D eigenvalue weighted by atomic mass is 32.2. The van der Waals surface area contributed by atoms with E-state index < -0.39 is 9.84 Å². The topological polar surface area (TPSA) is 102 Å². The maximum atomic E-state index is 12.1. The molecule has 0 radical (unpaired) electrons. The second kappa shape index (κ2) is 6.94. The quantitative estimate of drug-likeness (QED) is 0.842. The lowest BCUT2D eigenvalue weighted by Crippen LogP contribution is -2.18.